The van der Waals surface area contributed by atoms with E-state index in [0.29, 0.717) is 0 Å². The molecule has 17 heavy (non-hydrogen) atoms. The summed E-state index contributed by atoms with van der Waals surface area (Å²) in [4.78, 5) is 4.21. The first-order valence-corrected chi connectivity index (χ1v) is 5.66. The molecular formula is C11H16N6. The van der Waals surface area contributed by atoms with Crippen molar-refractivity contribution in [1.82, 2.24) is 20.0 Å². The molecule has 90 valence electrons. The minimum Gasteiger partial charge on any atom is -0.383 e. The maximum atomic E-state index is 4.21. The number of aromatic nitrogens is 4. The molecule has 6 heteroatoms. The Kier molecular flexibility index (Phi) is 3.90. The minimum atomic E-state index is 0.791. The summed E-state index contributed by atoms with van der Waals surface area (Å²) in [6.07, 6.45) is 5.31. The van der Waals surface area contributed by atoms with Gasteiger partial charge in [0.2, 0.25) is 0 Å². The lowest BCUT2D eigenvalue weighted by molar-refractivity contribution is 0.609. The Morgan fingerprint density at radius 1 is 1.29 bits per heavy atom. The largest absolute Gasteiger partial charge is 0.383 e. The normalized spacial score (nSPS) is 10.2. The van der Waals surface area contributed by atoms with Gasteiger partial charge < -0.3 is 10.6 Å². The van der Waals surface area contributed by atoms with Gasteiger partial charge in [0.1, 0.15) is 5.82 Å². The average Bonchev–Trinajstić information content (AvgIpc) is 2.83. The summed E-state index contributed by atoms with van der Waals surface area (Å²) in [7, 11) is 0. The molecule has 0 aromatic carbocycles. The second-order valence-corrected chi connectivity index (χ2v) is 3.55. The first kappa shape index (κ1) is 11.4. The van der Waals surface area contributed by atoms with Crippen LogP contribution in [0.5, 0.6) is 0 Å². The number of nitrogens with zero attached hydrogens (tertiary/aromatic N) is 4. The summed E-state index contributed by atoms with van der Waals surface area (Å²) < 4.78 is 1.79. The zero-order valence-electron chi connectivity index (χ0n) is 9.80. The molecule has 0 aliphatic rings. The van der Waals surface area contributed by atoms with E-state index in [1.807, 2.05) is 25.3 Å². The van der Waals surface area contributed by atoms with Gasteiger partial charge in [-0.1, -0.05) is 5.21 Å². The van der Waals surface area contributed by atoms with Gasteiger partial charge in [0.25, 0.3) is 0 Å². The standard InChI is InChI=1S/C11H16N6/c1-2-12-11-9-10(3-4-14-11)13-5-7-17-8-6-15-16-17/h3-4,6,8-9H,2,5,7H2,1H3,(H2,12,13,14). The van der Waals surface area contributed by atoms with Crippen LogP contribution in [0.4, 0.5) is 11.5 Å². The number of hydrogen-bond acceptors (Lipinski definition) is 5. The van der Waals surface area contributed by atoms with Crippen LogP contribution < -0.4 is 10.6 Å². The third-order valence-corrected chi connectivity index (χ3v) is 2.26. The van der Waals surface area contributed by atoms with E-state index >= 15 is 0 Å². The van der Waals surface area contributed by atoms with Crippen LogP contribution in [0, 0.1) is 0 Å². The quantitative estimate of drug-likeness (QED) is 0.783. The minimum absolute atomic E-state index is 0.791. The Morgan fingerprint density at radius 3 is 3.00 bits per heavy atom. The van der Waals surface area contributed by atoms with Gasteiger partial charge in [-0.2, -0.15) is 0 Å². The number of pyridine rings is 1. The molecule has 0 amide bonds. The summed E-state index contributed by atoms with van der Waals surface area (Å²) in [5.74, 6) is 0.887. The monoisotopic (exact) mass is 232 g/mol. The van der Waals surface area contributed by atoms with Gasteiger partial charge in [-0.3, -0.25) is 4.68 Å². The van der Waals surface area contributed by atoms with Crippen molar-refractivity contribution in [1.29, 1.82) is 0 Å². The maximum absolute atomic E-state index is 4.21. The first-order chi connectivity index (χ1) is 8.38. The van der Waals surface area contributed by atoms with Crippen LogP contribution in [0.3, 0.4) is 0 Å². The van der Waals surface area contributed by atoms with Crippen LogP contribution >= 0.6 is 0 Å². The number of anilines is 2. The second kappa shape index (κ2) is 5.83. The lowest BCUT2D eigenvalue weighted by Gasteiger charge is -2.08. The molecule has 2 N–H and O–H groups in total. The van der Waals surface area contributed by atoms with Crippen molar-refractivity contribution in [3.05, 3.63) is 30.7 Å². The molecule has 0 atom stereocenters. The maximum Gasteiger partial charge on any atom is 0.127 e. The molecule has 2 aromatic rings. The molecule has 0 aliphatic carbocycles. The van der Waals surface area contributed by atoms with Crippen molar-refractivity contribution in [2.24, 2.45) is 0 Å². The smallest absolute Gasteiger partial charge is 0.127 e. The molecule has 0 spiro atoms. The number of rotatable bonds is 6. The molecule has 0 unspecified atom stereocenters. The van der Waals surface area contributed by atoms with Crippen LogP contribution in [0.15, 0.2) is 30.7 Å². The predicted molar refractivity (Wildman–Crippen MR) is 66.9 cm³/mol. The summed E-state index contributed by atoms with van der Waals surface area (Å²) in [6, 6.07) is 3.94. The van der Waals surface area contributed by atoms with E-state index in [-0.39, 0.29) is 0 Å². The highest BCUT2D eigenvalue weighted by Crippen LogP contribution is 2.11. The molecule has 0 aliphatic heterocycles. The van der Waals surface area contributed by atoms with Gasteiger partial charge in [0.15, 0.2) is 0 Å². The zero-order valence-corrected chi connectivity index (χ0v) is 9.80. The fourth-order valence-electron chi connectivity index (χ4n) is 1.49. The highest BCUT2D eigenvalue weighted by molar-refractivity contribution is 5.51. The van der Waals surface area contributed by atoms with Gasteiger partial charge in [-0.25, -0.2) is 4.98 Å². The molecular weight excluding hydrogens is 216 g/mol. The Morgan fingerprint density at radius 2 is 2.24 bits per heavy atom. The molecule has 2 heterocycles. The molecule has 0 radical (unpaired) electrons. The zero-order chi connectivity index (χ0) is 11.9. The van der Waals surface area contributed by atoms with Crippen molar-refractivity contribution < 1.29 is 0 Å². The van der Waals surface area contributed by atoms with E-state index in [9.17, 15) is 0 Å². The van der Waals surface area contributed by atoms with Crippen molar-refractivity contribution in [3.63, 3.8) is 0 Å². The molecule has 0 bridgehead atoms. The molecule has 2 aromatic heterocycles. The van der Waals surface area contributed by atoms with E-state index < -0.39 is 0 Å². The lowest BCUT2D eigenvalue weighted by atomic mass is 10.3. The highest BCUT2D eigenvalue weighted by Gasteiger charge is 1.96. The van der Waals surface area contributed by atoms with Gasteiger partial charge in [-0.05, 0) is 13.0 Å². The van der Waals surface area contributed by atoms with Crippen molar-refractivity contribution in [2.45, 2.75) is 13.5 Å². The van der Waals surface area contributed by atoms with Crippen LogP contribution in [0.25, 0.3) is 0 Å². The van der Waals surface area contributed by atoms with Gasteiger partial charge in [0, 0.05) is 37.2 Å². The van der Waals surface area contributed by atoms with E-state index in [0.717, 1.165) is 31.1 Å². The summed E-state index contributed by atoms with van der Waals surface area (Å²) in [5, 5.41) is 14.1. The van der Waals surface area contributed by atoms with E-state index in [2.05, 4.69) is 25.9 Å². The summed E-state index contributed by atoms with van der Waals surface area (Å²) in [5.41, 5.74) is 1.05. The number of hydrogen-bond donors (Lipinski definition) is 2. The van der Waals surface area contributed by atoms with Crippen molar-refractivity contribution in [3.8, 4) is 0 Å². The van der Waals surface area contributed by atoms with Gasteiger partial charge in [0.05, 0.1) is 12.7 Å². The third kappa shape index (κ3) is 3.44. The van der Waals surface area contributed by atoms with Crippen molar-refractivity contribution in [2.75, 3.05) is 23.7 Å². The Bertz CT molecular complexity index is 439. The molecule has 0 fully saturated rings. The number of nitrogens with one attached hydrogen (secondary N) is 2. The van der Waals surface area contributed by atoms with Crippen LogP contribution in [0.2, 0.25) is 0 Å². The van der Waals surface area contributed by atoms with E-state index in [1.54, 1.807) is 17.1 Å². The topological polar surface area (TPSA) is 67.7 Å². The first-order valence-electron chi connectivity index (χ1n) is 5.66. The van der Waals surface area contributed by atoms with Gasteiger partial charge >= 0.3 is 0 Å². The highest BCUT2D eigenvalue weighted by atomic mass is 15.4. The summed E-state index contributed by atoms with van der Waals surface area (Å²) in [6.45, 7) is 4.51. The average molecular weight is 232 g/mol. The van der Waals surface area contributed by atoms with Crippen LogP contribution in [-0.4, -0.2) is 33.1 Å². The Balaban J connectivity index is 1.84. The fourth-order valence-corrected chi connectivity index (χ4v) is 1.49. The fraction of sp³-hybridized carbons (Fsp3) is 0.364. The lowest BCUT2D eigenvalue weighted by Crippen LogP contribution is -2.11. The molecule has 0 saturated carbocycles. The van der Waals surface area contributed by atoms with Crippen LogP contribution in [-0.2, 0) is 6.54 Å². The van der Waals surface area contributed by atoms with E-state index in [4.69, 9.17) is 0 Å². The van der Waals surface area contributed by atoms with E-state index in [1.165, 1.54) is 0 Å². The summed E-state index contributed by atoms with van der Waals surface area (Å²) >= 11 is 0. The van der Waals surface area contributed by atoms with Gasteiger partial charge in [-0.15, -0.1) is 5.10 Å². The molecule has 0 saturated heterocycles. The van der Waals surface area contributed by atoms with Crippen LogP contribution in [0.1, 0.15) is 6.92 Å². The molecule has 2 rings (SSSR count). The predicted octanol–water partition coefficient (Wildman–Crippen LogP) is 1.22. The third-order valence-electron chi connectivity index (χ3n) is 2.26. The second-order valence-electron chi connectivity index (χ2n) is 3.55. The SMILES string of the molecule is CCNc1cc(NCCn2ccnn2)ccn1. The Hall–Kier alpha value is -2.11. The molecule has 6 nitrogen and oxygen atoms in total. The Labute approximate surface area is 100 Å². The van der Waals surface area contributed by atoms with Crippen molar-refractivity contribution >= 4 is 11.5 Å².